The molecule has 1 aliphatic rings. The Morgan fingerprint density at radius 1 is 1.27 bits per heavy atom. The summed E-state index contributed by atoms with van der Waals surface area (Å²) < 4.78 is 12.4. The van der Waals surface area contributed by atoms with Gasteiger partial charge in [0, 0.05) is 11.5 Å². The molecule has 3 aromatic rings. The minimum atomic E-state index is 0.0479. The van der Waals surface area contributed by atoms with Crippen LogP contribution < -0.4 is 9.64 Å². The van der Waals surface area contributed by atoms with Crippen LogP contribution in [0.25, 0.3) is 10.2 Å². The summed E-state index contributed by atoms with van der Waals surface area (Å²) in [6.07, 6.45) is 2.08. The van der Waals surface area contributed by atoms with Crippen molar-refractivity contribution in [3.63, 3.8) is 0 Å². The molecule has 2 aromatic carbocycles. The number of thiazole rings is 1. The normalized spacial score (nSPS) is 16.2. The van der Waals surface area contributed by atoms with Crippen molar-refractivity contribution in [2.45, 2.75) is 37.7 Å². The van der Waals surface area contributed by atoms with E-state index < -0.39 is 0 Å². The van der Waals surface area contributed by atoms with E-state index >= 15 is 0 Å². The first-order valence-corrected chi connectivity index (χ1v) is 11.9. The predicted octanol–water partition coefficient (Wildman–Crippen LogP) is 5.23. The van der Waals surface area contributed by atoms with Crippen molar-refractivity contribution in [2.75, 3.05) is 30.9 Å². The highest BCUT2D eigenvalue weighted by Gasteiger charge is 2.27. The lowest BCUT2D eigenvalue weighted by atomic mass is 10.2. The summed E-state index contributed by atoms with van der Waals surface area (Å²) in [5.74, 6) is 1.14. The molecule has 1 amide bonds. The zero-order chi connectivity index (χ0) is 21.1. The minimum absolute atomic E-state index is 0.0479. The van der Waals surface area contributed by atoms with Crippen LogP contribution in [0.15, 0.2) is 41.3 Å². The average molecular weight is 443 g/mol. The van der Waals surface area contributed by atoms with Gasteiger partial charge in [0.05, 0.1) is 30.2 Å². The third kappa shape index (κ3) is 4.63. The fourth-order valence-electron chi connectivity index (χ4n) is 3.51. The molecule has 0 aliphatic carbocycles. The van der Waals surface area contributed by atoms with Gasteiger partial charge < -0.3 is 9.47 Å². The van der Waals surface area contributed by atoms with Gasteiger partial charge in [-0.1, -0.05) is 35.1 Å². The topological polar surface area (TPSA) is 51.7 Å². The first kappa shape index (κ1) is 21.2. The van der Waals surface area contributed by atoms with E-state index in [0.29, 0.717) is 17.4 Å². The van der Waals surface area contributed by atoms with Crippen molar-refractivity contribution in [3.8, 4) is 5.75 Å². The summed E-state index contributed by atoms with van der Waals surface area (Å²) in [7, 11) is 1.65. The minimum Gasteiger partial charge on any atom is -0.494 e. The zero-order valence-electron chi connectivity index (χ0n) is 17.5. The van der Waals surface area contributed by atoms with Gasteiger partial charge in [0.1, 0.15) is 11.3 Å². The van der Waals surface area contributed by atoms with Gasteiger partial charge in [0.15, 0.2) is 5.13 Å². The zero-order valence-corrected chi connectivity index (χ0v) is 19.1. The third-order valence-electron chi connectivity index (χ3n) is 5.24. The van der Waals surface area contributed by atoms with Crippen molar-refractivity contribution >= 4 is 44.4 Å². The van der Waals surface area contributed by atoms with E-state index in [9.17, 15) is 4.79 Å². The molecule has 158 valence electrons. The molecule has 1 unspecified atom stereocenters. The number of hydrogen-bond donors (Lipinski definition) is 0. The molecule has 0 bridgehead atoms. The molecular weight excluding hydrogens is 416 g/mol. The molecule has 0 radical (unpaired) electrons. The summed E-state index contributed by atoms with van der Waals surface area (Å²) in [6, 6.07) is 12.2. The Labute approximate surface area is 185 Å². The average Bonchev–Trinajstić information content (AvgIpc) is 3.42. The van der Waals surface area contributed by atoms with Crippen LogP contribution in [0.2, 0.25) is 0 Å². The molecular formula is C23H26N2O3S2. The second-order valence-electron chi connectivity index (χ2n) is 7.50. The van der Waals surface area contributed by atoms with E-state index in [4.69, 9.17) is 14.5 Å². The summed E-state index contributed by atoms with van der Waals surface area (Å²) in [4.78, 5) is 21.0. The Balaban J connectivity index is 1.60. The quantitative estimate of drug-likeness (QED) is 0.469. The van der Waals surface area contributed by atoms with Gasteiger partial charge in [0.2, 0.25) is 5.91 Å². The standard InChI is InChI=1S/C23H26N2O3S2/c1-15-6-9-18(10-7-15)29-14-20(26)25(13-17-5-4-12-28-17)23-24-21-19(27-3)11-8-16(2)22(21)30-23/h6-11,17H,4-5,12-14H2,1-3H3. The largest absolute Gasteiger partial charge is 0.494 e. The van der Waals surface area contributed by atoms with E-state index in [1.165, 1.54) is 5.56 Å². The first-order chi connectivity index (χ1) is 14.5. The highest BCUT2D eigenvalue weighted by molar-refractivity contribution is 8.00. The summed E-state index contributed by atoms with van der Waals surface area (Å²) >= 11 is 3.10. The Morgan fingerprint density at radius 2 is 2.07 bits per heavy atom. The number of nitrogens with zero attached hydrogens (tertiary/aromatic N) is 2. The number of anilines is 1. The number of fused-ring (bicyclic) bond motifs is 1. The molecule has 7 heteroatoms. The highest BCUT2D eigenvalue weighted by atomic mass is 32.2. The van der Waals surface area contributed by atoms with Crippen molar-refractivity contribution < 1.29 is 14.3 Å². The number of thioether (sulfide) groups is 1. The number of aryl methyl sites for hydroxylation is 2. The van der Waals surface area contributed by atoms with Crippen LogP contribution in [0.3, 0.4) is 0 Å². The molecule has 0 saturated carbocycles. The van der Waals surface area contributed by atoms with Gasteiger partial charge in [0.25, 0.3) is 0 Å². The SMILES string of the molecule is COc1ccc(C)c2sc(N(CC3CCCO3)C(=O)CSc3ccc(C)cc3)nc12. The van der Waals surface area contributed by atoms with Gasteiger partial charge in [-0.25, -0.2) is 4.98 Å². The first-order valence-electron chi connectivity index (χ1n) is 10.1. The monoisotopic (exact) mass is 442 g/mol. The van der Waals surface area contributed by atoms with Crippen LogP contribution in [0.1, 0.15) is 24.0 Å². The molecule has 0 N–H and O–H groups in total. The number of benzene rings is 2. The molecule has 1 aromatic heterocycles. The van der Waals surface area contributed by atoms with Gasteiger partial charge in [-0.15, -0.1) is 11.8 Å². The van der Waals surface area contributed by atoms with Crippen LogP contribution in [0.5, 0.6) is 5.75 Å². The number of ether oxygens (including phenoxy) is 2. The van der Waals surface area contributed by atoms with Crippen molar-refractivity contribution in [2.24, 2.45) is 0 Å². The lowest BCUT2D eigenvalue weighted by molar-refractivity contribution is -0.116. The summed E-state index contributed by atoms with van der Waals surface area (Å²) in [5, 5.41) is 0.711. The molecule has 1 atom stereocenters. The van der Waals surface area contributed by atoms with Crippen LogP contribution in [-0.4, -0.2) is 43.0 Å². The maximum atomic E-state index is 13.3. The number of methoxy groups -OCH3 is 1. The Bertz CT molecular complexity index is 1030. The molecule has 1 saturated heterocycles. The van der Waals surface area contributed by atoms with Crippen molar-refractivity contribution in [1.29, 1.82) is 0 Å². The Kier molecular flexibility index (Phi) is 6.61. The Hall–Kier alpha value is -2.09. The lowest BCUT2D eigenvalue weighted by Gasteiger charge is -2.23. The van der Waals surface area contributed by atoms with Crippen LogP contribution in [0, 0.1) is 13.8 Å². The molecule has 0 spiro atoms. The van der Waals surface area contributed by atoms with Gasteiger partial charge >= 0.3 is 0 Å². The van der Waals surface area contributed by atoms with Crippen LogP contribution in [-0.2, 0) is 9.53 Å². The van der Waals surface area contributed by atoms with Crippen LogP contribution in [0.4, 0.5) is 5.13 Å². The molecule has 4 rings (SSSR count). The van der Waals surface area contributed by atoms with Crippen molar-refractivity contribution in [1.82, 2.24) is 4.98 Å². The number of carbonyl (C=O) groups is 1. The van der Waals surface area contributed by atoms with E-state index in [0.717, 1.165) is 45.9 Å². The van der Waals surface area contributed by atoms with Gasteiger partial charge in [-0.3, -0.25) is 9.69 Å². The lowest BCUT2D eigenvalue weighted by Crippen LogP contribution is -2.38. The van der Waals surface area contributed by atoms with E-state index in [2.05, 4.69) is 38.1 Å². The predicted molar refractivity (Wildman–Crippen MR) is 124 cm³/mol. The number of aromatic nitrogens is 1. The summed E-state index contributed by atoms with van der Waals surface area (Å²) in [6.45, 7) is 5.42. The van der Waals surface area contributed by atoms with Gasteiger partial charge in [-0.05, 0) is 50.5 Å². The number of amides is 1. The van der Waals surface area contributed by atoms with E-state index in [1.807, 2.05) is 12.1 Å². The Morgan fingerprint density at radius 3 is 2.77 bits per heavy atom. The second kappa shape index (κ2) is 9.37. The molecule has 1 fully saturated rings. The molecule has 30 heavy (non-hydrogen) atoms. The van der Waals surface area contributed by atoms with E-state index in [1.54, 1.807) is 35.1 Å². The van der Waals surface area contributed by atoms with E-state index in [-0.39, 0.29) is 12.0 Å². The van der Waals surface area contributed by atoms with Gasteiger partial charge in [-0.2, -0.15) is 0 Å². The third-order valence-corrected chi connectivity index (χ3v) is 7.45. The van der Waals surface area contributed by atoms with Crippen molar-refractivity contribution in [3.05, 3.63) is 47.5 Å². The maximum absolute atomic E-state index is 13.3. The molecule has 2 heterocycles. The number of rotatable bonds is 7. The smallest absolute Gasteiger partial charge is 0.239 e. The highest BCUT2D eigenvalue weighted by Crippen LogP contribution is 2.37. The fourth-order valence-corrected chi connectivity index (χ4v) is 5.37. The molecule has 1 aliphatic heterocycles. The summed E-state index contributed by atoms with van der Waals surface area (Å²) in [5.41, 5.74) is 3.16. The second-order valence-corrected chi connectivity index (χ2v) is 9.53. The maximum Gasteiger partial charge on any atom is 0.239 e. The fraction of sp³-hybridized carbons (Fsp3) is 0.391. The number of hydrogen-bond acceptors (Lipinski definition) is 6. The number of carbonyl (C=O) groups excluding carboxylic acids is 1. The van der Waals surface area contributed by atoms with Crippen LogP contribution >= 0.6 is 23.1 Å². The molecule has 5 nitrogen and oxygen atoms in total.